The fraction of sp³-hybridized carbons (Fsp3) is 0.111. The number of carbonyl (C=O) groups excluding carboxylic acids is 1. The zero-order valence-corrected chi connectivity index (χ0v) is 9.18. The lowest BCUT2D eigenvalue weighted by Gasteiger charge is -2.07. The van der Waals surface area contributed by atoms with E-state index in [2.05, 4.69) is 5.32 Å². The van der Waals surface area contributed by atoms with Crippen molar-refractivity contribution in [3.63, 3.8) is 0 Å². The first-order chi connectivity index (χ1) is 7.09. The van der Waals surface area contributed by atoms with Crippen LogP contribution in [0.25, 0.3) is 0 Å². The maximum absolute atomic E-state index is 11.6. The molecule has 1 aromatic rings. The molecule has 1 heterocycles. The number of hydrogen-bond donors (Lipinski definition) is 2. The molecule has 0 aromatic heterocycles. The number of nitrogens with one attached hydrogen (secondary N) is 1. The number of benzene rings is 1. The Bertz CT molecular complexity index is 420. The molecule has 1 aromatic carbocycles. The molecule has 1 fully saturated rings. The number of nitrogens with zero attached hydrogens (tertiary/aromatic N) is 1. The second-order valence-electron chi connectivity index (χ2n) is 3.14. The lowest BCUT2D eigenvalue weighted by atomic mass is 10.1. The molecule has 78 valence electrons. The highest BCUT2D eigenvalue weighted by atomic mass is 35.5. The van der Waals surface area contributed by atoms with Crippen molar-refractivity contribution in [3.05, 3.63) is 34.9 Å². The molecule has 15 heavy (non-hydrogen) atoms. The molecule has 1 aliphatic rings. The molecule has 1 unspecified atom stereocenters. The largest absolute Gasteiger partial charge is 0.346 e. The van der Waals surface area contributed by atoms with Gasteiger partial charge >= 0.3 is 0 Å². The predicted octanol–water partition coefficient (Wildman–Crippen LogP) is 0.971. The van der Waals surface area contributed by atoms with Gasteiger partial charge in [-0.1, -0.05) is 23.7 Å². The lowest BCUT2D eigenvalue weighted by Crippen LogP contribution is -2.37. The van der Waals surface area contributed by atoms with Crippen molar-refractivity contribution in [2.75, 3.05) is 0 Å². The van der Waals surface area contributed by atoms with Gasteiger partial charge in [0.2, 0.25) is 0 Å². The quantitative estimate of drug-likeness (QED) is 0.437. The fourth-order valence-electron chi connectivity index (χ4n) is 1.38. The molecule has 1 amide bonds. The summed E-state index contributed by atoms with van der Waals surface area (Å²) < 4.78 is 0. The van der Waals surface area contributed by atoms with Crippen LogP contribution in [0.4, 0.5) is 0 Å². The van der Waals surface area contributed by atoms with E-state index in [0.717, 1.165) is 10.6 Å². The van der Waals surface area contributed by atoms with Crippen molar-refractivity contribution in [1.29, 1.82) is 0 Å². The average Bonchev–Trinajstić information content (AvgIpc) is 2.47. The Hall–Kier alpha value is -1.17. The minimum absolute atomic E-state index is 0.236. The summed E-state index contributed by atoms with van der Waals surface area (Å²) in [7, 11) is 0. The number of hydrogen-bond acceptors (Lipinski definition) is 3. The Kier molecular flexibility index (Phi) is 2.60. The number of carbonyl (C=O) groups is 1. The molecule has 1 aliphatic heterocycles. The zero-order valence-electron chi connectivity index (χ0n) is 7.61. The van der Waals surface area contributed by atoms with E-state index in [-0.39, 0.29) is 11.0 Å². The van der Waals surface area contributed by atoms with Crippen LogP contribution in [0.3, 0.4) is 0 Å². The van der Waals surface area contributed by atoms with Gasteiger partial charge in [0.05, 0.1) is 0 Å². The Labute approximate surface area is 97.0 Å². The normalized spacial score (nSPS) is 20.7. The molecule has 0 saturated carbocycles. The van der Waals surface area contributed by atoms with Crippen molar-refractivity contribution < 1.29 is 4.79 Å². The smallest absolute Gasteiger partial charge is 0.270 e. The molecule has 1 saturated heterocycles. The van der Waals surface area contributed by atoms with Crippen molar-refractivity contribution >= 4 is 34.8 Å². The Balaban J connectivity index is 2.29. The highest BCUT2D eigenvalue weighted by molar-refractivity contribution is 7.80. The molecule has 0 bridgehead atoms. The Morgan fingerprint density at radius 1 is 1.40 bits per heavy atom. The molecule has 3 N–H and O–H groups in total. The molecule has 1 atom stereocenters. The molecule has 0 spiro atoms. The van der Waals surface area contributed by atoms with Crippen LogP contribution in [0.2, 0.25) is 5.02 Å². The number of nitrogens with two attached hydrogens (primary N) is 1. The van der Waals surface area contributed by atoms with Gasteiger partial charge in [0, 0.05) is 5.02 Å². The first-order valence-corrected chi connectivity index (χ1v) is 5.03. The molecule has 2 rings (SSSR count). The Morgan fingerprint density at radius 2 is 2.00 bits per heavy atom. The van der Waals surface area contributed by atoms with Crippen LogP contribution < -0.4 is 11.2 Å². The second-order valence-corrected chi connectivity index (χ2v) is 3.97. The van der Waals surface area contributed by atoms with Gasteiger partial charge < -0.3 is 5.32 Å². The summed E-state index contributed by atoms with van der Waals surface area (Å²) >= 11 is 10.6. The van der Waals surface area contributed by atoms with Crippen LogP contribution >= 0.6 is 23.8 Å². The Morgan fingerprint density at radius 3 is 2.47 bits per heavy atom. The van der Waals surface area contributed by atoms with E-state index < -0.39 is 6.04 Å². The standard InChI is InChI=1S/C9H8ClN3OS/c10-6-3-1-5(2-4-6)7-8(14)13(11)9(15)12-7/h1-4,7H,11H2,(H,12,15). The molecule has 6 heteroatoms. The highest BCUT2D eigenvalue weighted by Gasteiger charge is 2.34. The summed E-state index contributed by atoms with van der Waals surface area (Å²) in [4.78, 5) is 11.6. The van der Waals surface area contributed by atoms with Crippen molar-refractivity contribution in [2.24, 2.45) is 5.84 Å². The van der Waals surface area contributed by atoms with E-state index in [4.69, 9.17) is 29.7 Å². The van der Waals surface area contributed by atoms with Crippen LogP contribution in [0.5, 0.6) is 0 Å². The van der Waals surface area contributed by atoms with Crippen LogP contribution in [-0.2, 0) is 4.79 Å². The maximum atomic E-state index is 11.6. The summed E-state index contributed by atoms with van der Waals surface area (Å²) in [6, 6.07) is 6.46. The van der Waals surface area contributed by atoms with Gasteiger partial charge in [0.15, 0.2) is 5.11 Å². The fourth-order valence-corrected chi connectivity index (χ4v) is 1.71. The summed E-state index contributed by atoms with van der Waals surface area (Å²) in [5.74, 6) is 5.17. The van der Waals surface area contributed by atoms with Crippen LogP contribution in [0.1, 0.15) is 11.6 Å². The van der Waals surface area contributed by atoms with E-state index in [1.54, 1.807) is 24.3 Å². The van der Waals surface area contributed by atoms with Crippen LogP contribution in [0.15, 0.2) is 24.3 Å². The van der Waals surface area contributed by atoms with E-state index in [0.29, 0.717) is 5.02 Å². The topological polar surface area (TPSA) is 58.4 Å². The second kappa shape index (κ2) is 3.77. The highest BCUT2D eigenvalue weighted by Crippen LogP contribution is 2.21. The van der Waals surface area contributed by atoms with Gasteiger partial charge in [-0.15, -0.1) is 0 Å². The number of hydrazine groups is 1. The van der Waals surface area contributed by atoms with Gasteiger partial charge in [-0.25, -0.2) is 10.9 Å². The number of amides is 1. The molecule has 4 nitrogen and oxygen atoms in total. The van der Waals surface area contributed by atoms with Gasteiger partial charge in [-0.2, -0.15) is 0 Å². The van der Waals surface area contributed by atoms with Gasteiger partial charge in [0.25, 0.3) is 5.91 Å². The summed E-state index contributed by atoms with van der Waals surface area (Å²) in [6.07, 6.45) is 0. The third-order valence-corrected chi connectivity index (χ3v) is 2.74. The lowest BCUT2D eigenvalue weighted by molar-refractivity contribution is -0.127. The van der Waals surface area contributed by atoms with E-state index in [1.165, 1.54) is 0 Å². The van der Waals surface area contributed by atoms with Crippen molar-refractivity contribution in [2.45, 2.75) is 6.04 Å². The number of rotatable bonds is 1. The van der Waals surface area contributed by atoms with Crippen molar-refractivity contribution in [3.8, 4) is 0 Å². The predicted molar refractivity (Wildman–Crippen MR) is 61.0 cm³/mol. The summed E-state index contributed by atoms with van der Waals surface area (Å²) in [6.45, 7) is 0. The molecular weight excluding hydrogens is 234 g/mol. The SMILES string of the molecule is NN1C(=O)C(c2ccc(Cl)cc2)NC1=S. The first kappa shape index (κ1) is 10.4. The van der Waals surface area contributed by atoms with Crippen LogP contribution in [-0.4, -0.2) is 16.0 Å². The van der Waals surface area contributed by atoms with E-state index in [9.17, 15) is 4.79 Å². The summed E-state index contributed by atoms with van der Waals surface area (Å²) in [5, 5.41) is 4.63. The van der Waals surface area contributed by atoms with Crippen LogP contribution in [0, 0.1) is 0 Å². The van der Waals surface area contributed by atoms with Gasteiger partial charge in [-0.05, 0) is 29.9 Å². The van der Waals surface area contributed by atoms with Crippen molar-refractivity contribution in [1.82, 2.24) is 10.3 Å². The molecule has 0 aliphatic carbocycles. The van der Waals surface area contributed by atoms with E-state index in [1.807, 2.05) is 0 Å². The molecule has 0 radical (unpaired) electrons. The van der Waals surface area contributed by atoms with E-state index >= 15 is 0 Å². The monoisotopic (exact) mass is 241 g/mol. The maximum Gasteiger partial charge on any atom is 0.270 e. The number of halogens is 1. The zero-order chi connectivity index (χ0) is 11.0. The minimum atomic E-state index is -0.500. The molecular formula is C9H8ClN3OS. The third kappa shape index (κ3) is 1.81. The summed E-state index contributed by atoms with van der Waals surface area (Å²) in [5.41, 5.74) is 0.791. The third-order valence-electron chi connectivity index (χ3n) is 2.17. The van der Waals surface area contributed by atoms with Gasteiger partial charge in [0.1, 0.15) is 6.04 Å². The minimum Gasteiger partial charge on any atom is -0.346 e. The average molecular weight is 242 g/mol. The number of thiocarbonyl (C=S) groups is 1. The van der Waals surface area contributed by atoms with Gasteiger partial charge in [-0.3, -0.25) is 4.79 Å². The first-order valence-electron chi connectivity index (χ1n) is 4.24.